The molecule has 1 fully saturated rings. The van der Waals surface area contributed by atoms with E-state index in [1.54, 1.807) is 0 Å². The number of benzene rings is 2. The van der Waals surface area contributed by atoms with E-state index in [2.05, 4.69) is 31.4 Å². The van der Waals surface area contributed by atoms with Crippen LogP contribution in [0.25, 0.3) is 0 Å². The van der Waals surface area contributed by atoms with Crippen LogP contribution in [0.5, 0.6) is 0 Å². The molecule has 2 aromatic rings. The fourth-order valence-corrected chi connectivity index (χ4v) is 5.67. The molecule has 1 amide bonds. The van der Waals surface area contributed by atoms with Gasteiger partial charge in [-0.1, -0.05) is 62.2 Å². The Hall–Kier alpha value is -1.75. The number of amides is 1. The van der Waals surface area contributed by atoms with Gasteiger partial charge in [0, 0.05) is 39.7 Å². The number of carbonyl (C=O) groups is 1. The average molecular weight is 432 g/mol. The minimum Gasteiger partial charge on any atom is -0.384 e. The third-order valence-electron chi connectivity index (χ3n) is 6.31. The summed E-state index contributed by atoms with van der Waals surface area (Å²) < 4.78 is 0. The lowest BCUT2D eigenvalue weighted by Crippen LogP contribution is -2.46. The van der Waals surface area contributed by atoms with Gasteiger partial charge in [0.15, 0.2) is 0 Å². The van der Waals surface area contributed by atoms with Crippen LogP contribution in [0.3, 0.4) is 0 Å². The van der Waals surface area contributed by atoms with Gasteiger partial charge in [0.1, 0.15) is 0 Å². The number of hydrogen-bond donors (Lipinski definition) is 3. The summed E-state index contributed by atoms with van der Waals surface area (Å²) in [5, 5.41) is 8.49. The van der Waals surface area contributed by atoms with Crippen LogP contribution in [0, 0.1) is 5.41 Å². The van der Waals surface area contributed by atoms with Gasteiger partial charge in [-0.3, -0.25) is 4.79 Å². The van der Waals surface area contributed by atoms with Crippen LogP contribution in [0.1, 0.15) is 44.2 Å². The van der Waals surface area contributed by atoms with Gasteiger partial charge in [0.2, 0.25) is 5.91 Å². The first kappa shape index (κ1) is 20.5. The molecule has 4 nitrogen and oxygen atoms in total. The molecule has 2 heterocycles. The number of halogens is 2. The molecular weight excluding hydrogens is 405 g/mol. The topological polar surface area (TPSA) is 67.1 Å². The average Bonchev–Trinajstić information content (AvgIpc) is 3.15. The molecule has 4 N–H and O–H groups in total. The maximum absolute atomic E-state index is 12.6. The van der Waals surface area contributed by atoms with Crippen LogP contribution in [-0.4, -0.2) is 24.5 Å². The van der Waals surface area contributed by atoms with Gasteiger partial charge >= 0.3 is 0 Å². The molecule has 1 spiro atoms. The van der Waals surface area contributed by atoms with Gasteiger partial charge in [-0.15, -0.1) is 0 Å². The summed E-state index contributed by atoms with van der Waals surface area (Å²) in [6.45, 7) is 7.33. The van der Waals surface area contributed by atoms with Crippen molar-refractivity contribution >= 4 is 34.8 Å². The Bertz CT molecular complexity index is 955. The van der Waals surface area contributed by atoms with E-state index in [0.717, 1.165) is 23.2 Å². The maximum Gasteiger partial charge on any atom is 0.235 e. The SMILES string of the molecule is CC(C)(C)CC1NC(C(N)=O)C(c2ccccc2Cl)C12CNc1ccc(Cl)cc12. The highest BCUT2D eigenvalue weighted by Gasteiger charge is 2.61. The Morgan fingerprint density at radius 1 is 1.21 bits per heavy atom. The maximum atomic E-state index is 12.6. The van der Waals surface area contributed by atoms with Gasteiger partial charge in [-0.2, -0.15) is 0 Å². The molecule has 0 bridgehead atoms. The van der Waals surface area contributed by atoms with Crippen LogP contribution < -0.4 is 16.4 Å². The first-order chi connectivity index (χ1) is 13.6. The molecular formula is C23H27Cl2N3O. The normalized spacial score (nSPS) is 28.4. The standard InChI is InChI=1S/C23H27Cl2N3O/c1-22(2,3)11-18-23(12-27-17-9-8-13(24)10-15(17)23)19(20(28-18)21(26)29)14-6-4-5-7-16(14)25/h4-10,18-20,27-28H,11-12H2,1-3H3,(H2,26,29). The molecule has 0 radical (unpaired) electrons. The van der Waals surface area contributed by atoms with Gasteiger partial charge < -0.3 is 16.4 Å². The Labute approximate surface area is 182 Å². The van der Waals surface area contributed by atoms with Crippen molar-refractivity contribution in [2.24, 2.45) is 11.1 Å². The first-order valence-corrected chi connectivity index (χ1v) is 10.7. The van der Waals surface area contributed by atoms with Crippen molar-refractivity contribution in [3.63, 3.8) is 0 Å². The van der Waals surface area contributed by atoms with Crippen molar-refractivity contribution in [2.75, 3.05) is 11.9 Å². The molecule has 2 aromatic carbocycles. The monoisotopic (exact) mass is 431 g/mol. The quantitative estimate of drug-likeness (QED) is 0.659. The summed E-state index contributed by atoms with van der Waals surface area (Å²) in [7, 11) is 0. The van der Waals surface area contributed by atoms with Crippen LogP contribution in [0.15, 0.2) is 42.5 Å². The summed E-state index contributed by atoms with van der Waals surface area (Å²) in [6, 6.07) is 13.2. The lowest BCUT2D eigenvalue weighted by molar-refractivity contribution is -0.120. The fourth-order valence-electron chi connectivity index (χ4n) is 5.24. The lowest BCUT2D eigenvalue weighted by atomic mass is 9.63. The van der Waals surface area contributed by atoms with Gasteiger partial charge in [0.25, 0.3) is 0 Å². The third-order valence-corrected chi connectivity index (χ3v) is 6.89. The smallest absolute Gasteiger partial charge is 0.235 e. The van der Waals surface area contributed by atoms with Crippen LogP contribution in [-0.2, 0) is 10.2 Å². The Balaban J connectivity index is 1.97. The predicted molar refractivity (Wildman–Crippen MR) is 120 cm³/mol. The molecule has 2 aliphatic heterocycles. The largest absolute Gasteiger partial charge is 0.384 e. The van der Waals surface area contributed by atoms with E-state index < -0.39 is 11.5 Å². The second-order valence-corrected chi connectivity index (χ2v) is 10.3. The predicted octanol–water partition coefficient (Wildman–Crippen LogP) is 4.70. The molecule has 0 saturated carbocycles. The summed E-state index contributed by atoms with van der Waals surface area (Å²) in [5.74, 6) is -0.561. The molecule has 6 heteroatoms. The number of rotatable bonds is 3. The molecule has 29 heavy (non-hydrogen) atoms. The molecule has 4 rings (SSSR count). The van der Waals surface area contributed by atoms with E-state index in [0.29, 0.717) is 16.6 Å². The molecule has 0 aliphatic carbocycles. The molecule has 154 valence electrons. The van der Waals surface area contributed by atoms with E-state index in [4.69, 9.17) is 28.9 Å². The summed E-state index contributed by atoms with van der Waals surface area (Å²) in [6.07, 6.45) is 0.880. The summed E-state index contributed by atoms with van der Waals surface area (Å²) in [4.78, 5) is 12.6. The van der Waals surface area contributed by atoms with Crippen LogP contribution in [0.2, 0.25) is 10.0 Å². The van der Waals surface area contributed by atoms with Crippen molar-refractivity contribution in [1.29, 1.82) is 0 Å². The minimum absolute atomic E-state index is 0.0356. The number of nitrogens with one attached hydrogen (secondary N) is 2. The van der Waals surface area contributed by atoms with Crippen molar-refractivity contribution < 1.29 is 4.79 Å². The van der Waals surface area contributed by atoms with Gasteiger partial charge in [0.05, 0.1) is 6.04 Å². The van der Waals surface area contributed by atoms with E-state index in [-0.39, 0.29) is 23.3 Å². The number of hydrogen-bond acceptors (Lipinski definition) is 3. The third kappa shape index (κ3) is 3.41. The van der Waals surface area contributed by atoms with Gasteiger partial charge in [-0.05, 0) is 47.2 Å². The second kappa shape index (κ2) is 7.19. The number of nitrogens with two attached hydrogens (primary N) is 1. The van der Waals surface area contributed by atoms with Gasteiger partial charge in [-0.25, -0.2) is 0 Å². The minimum atomic E-state index is -0.519. The highest BCUT2D eigenvalue weighted by molar-refractivity contribution is 6.31. The Morgan fingerprint density at radius 2 is 1.93 bits per heavy atom. The van der Waals surface area contributed by atoms with Crippen LogP contribution >= 0.6 is 23.2 Å². The highest BCUT2D eigenvalue weighted by Crippen LogP contribution is 2.56. The van der Waals surface area contributed by atoms with Crippen LogP contribution in [0.4, 0.5) is 5.69 Å². The van der Waals surface area contributed by atoms with E-state index >= 15 is 0 Å². The van der Waals surface area contributed by atoms with Crippen molar-refractivity contribution in [2.45, 2.75) is 50.6 Å². The molecule has 4 unspecified atom stereocenters. The van der Waals surface area contributed by atoms with E-state index in [9.17, 15) is 4.79 Å². The highest BCUT2D eigenvalue weighted by atomic mass is 35.5. The van der Waals surface area contributed by atoms with E-state index in [1.807, 2.05) is 42.5 Å². The van der Waals surface area contributed by atoms with E-state index in [1.165, 1.54) is 0 Å². The zero-order valence-electron chi connectivity index (χ0n) is 16.9. The van der Waals surface area contributed by atoms with Crippen molar-refractivity contribution in [1.82, 2.24) is 5.32 Å². The molecule has 2 aliphatic rings. The zero-order valence-corrected chi connectivity index (χ0v) is 18.4. The summed E-state index contributed by atoms with van der Waals surface area (Å²) in [5.41, 5.74) is 8.70. The lowest BCUT2D eigenvalue weighted by Gasteiger charge is -2.39. The zero-order chi connectivity index (χ0) is 21.0. The number of primary amides is 1. The van der Waals surface area contributed by atoms with Crippen molar-refractivity contribution in [3.05, 3.63) is 63.6 Å². The molecule has 4 atom stereocenters. The Morgan fingerprint density at radius 3 is 2.59 bits per heavy atom. The van der Waals surface area contributed by atoms with Crippen molar-refractivity contribution in [3.8, 4) is 0 Å². The number of carbonyl (C=O) groups excluding carboxylic acids is 1. The molecule has 1 saturated heterocycles. The molecule has 0 aromatic heterocycles. The Kier molecular flexibility index (Phi) is 5.09. The number of fused-ring (bicyclic) bond motifs is 2. The fraction of sp³-hybridized carbons (Fsp3) is 0.435. The number of anilines is 1. The second-order valence-electron chi connectivity index (χ2n) is 9.45. The first-order valence-electron chi connectivity index (χ1n) is 9.97. The summed E-state index contributed by atoms with van der Waals surface area (Å²) >= 11 is 13.1.